The molecule has 110 valence electrons. The molecule has 0 saturated heterocycles. The molecule has 0 atom stereocenters. The molecule has 12 nitrogen and oxygen atoms in total. The minimum absolute atomic E-state index is 3.92. The van der Waals surface area contributed by atoms with Gasteiger partial charge in [-0.15, -0.1) is 0 Å². The molecular weight excluding hydrogens is 344 g/mol. The maximum atomic E-state index is 10.6. The second-order valence-corrected chi connectivity index (χ2v) is 9.54. The summed E-state index contributed by atoms with van der Waals surface area (Å²) < 4.78 is 110. The Bertz CT molecular complexity index is 586. The Morgan fingerprint density at radius 3 is 0.611 bits per heavy atom. The van der Waals surface area contributed by atoms with Gasteiger partial charge in [-0.3, -0.25) is 18.2 Å². The molecule has 0 aliphatic heterocycles. The van der Waals surface area contributed by atoms with E-state index in [1.807, 2.05) is 0 Å². The van der Waals surface area contributed by atoms with Crippen molar-refractivity contribution in [1.82, 2.24) is 0 Å². The minimum Gasteiger partial charge on any atom is -0.284 e. The summed E-state index contributed by atoms with van der Waals surface area (Å²) in [5.41, 5.74) is 0. The van der Waals surface area contributed by atoms with Crippen LogP contribution in [0.25, 0.3) is 0 Å². The molecule has 0 aromatic heterocycles. The molecular formula is C2H6O12S4. The third-order valence-corrected chi connectivity index (χ3v) is 8.44. The lowest BCUT2D eigenvalue weighted by atomic mass is 10.9. The van der Waals surface area contributed by atoms with Crippen molar-refractivity contribution in [2.75, 3.05) is 0 Å². The van der Waals surface area contributed by atoms with Crippen molar-refractivity contribution in [2.45, 2.75) is 9.16 Å². The summed E-state index contributed by atoms with van der Waals surface area (Å²) in [6.07, 6.45) is 0. The van der Waals surface area contributed by atoms with E-state index in [1.165, 1.54) is 0 Å². The largest absolute Gasteiger partial charge is 0.287 e. The highest BCUT2D eigenvalue weighted by Crippen LogP contribution is 2.22. The maximum Gasteiger partial charge on any atom is 0.287 e. The van der Waals surface area contributed by atoms with Crippen molar-refractivity contribution >= 4 is 40.5 Å². The van der Waals surface area contributed by atoms with Gasteiger partial charge in [-0.1, -0.05) is 0 Å². The summed E-state index contributed by atoms with van der Waals surface area (Å²) in [5.74, 6) is 0. The Morgan fingerprint density at radius 2 is 0.556 bits per heavy atom. The summed E-state index contributed by atoms with van der Waals surface area (Å²) in [6.45, 7) is 0. The first-order chi connectivity index (χ1) is 7.49. The van der Waals surface area contributed by atoms with E-state index < -0.39 is 49.6 Å². The summed E-state index contributed by atoms with van der Waals surface area (Å²) in [6, 6.07) is 0. The number of hydrogen-bond donors (Lipinski definition) is 4. The molecule has 0 bridgehead atoms. The van der Waals surface area contributed by atoms with Crippen LogP contribution in [0.15, 0.2) is 0 Å². The van der Waals surface area contributed by atoms with Gasteiger partial charge in [0.15, 0.2) is 0 Å². The predicted molar refractivity (Wildman–Crippen MR) is 53.8 cm³/mol. The van der Waals surface area contributed by atoms with E-state index in [4.69, 9.17) is 18.2 Å². The van der Waals surface area contributed by atoms with Crippen LogP contribution < -0.4 is 0 Å². The zero-order valence-corrected chi connectivity index (χ0v) is 11.1. The van der Waals surface area contributed by atoms with Gasteiger partial charge < -0.3 is 0 Å². The molecule has 16 heteroatoms. The first kappa shape index (κ1) is 17.6. The van der Waals surface area contributed by atoms with Crippen LogP contribution in [0.3, 0.4) is 0 Å². The molecule has 0 rings (SSSR count). The van der Waals surface area contributed by atoms with Crippen LogP contribution >= 0.6 is 0 Å². The van der Waals surface area contributed by atoms with Crippen LogP contribution in [0.4, 0.5) is 0 Å². The van der Waals surface area contributed by atoms with Crippen LogP contribution in [0, 0.1) is 0 Å². The minimum atomic E-state index is -6.00. The molecule has 0 fully saturated rings. The zero-order valence-electron chi connectivity index (χ0n) is 7.84. The van der Waals surface area contributed by atoms with Crippen molar-refractivity contribution < 1.29 is 51.9 Å². The van der Waals surface area contributed by atoms with Gasteiger partial charge in [0.1, 0.15) is 0 Å². The molecule has 0 aromatic rings. The molecule has 18 heavy (non-hydrogen) atoms. The average molecular weight is 350 g/mol. The monoisotopic (exact) mass is 350 g/mol. The van der Waals surface area contributed by atoms with Gasteiger partial charge in [0, 0.05) is 0 Å². The first-order valence-corrected chi connectivity index (χ1v) is 9.35. The Balaban J connectivity index is 6.57. The van der Waals surface area contributed by atoms with Gasteiger partial charge >= 0.3 is 0 Å². The van der Waals surface area contributed by atoms with E-state index in [9.17, 15) is 33.7 Å². The van der Waals surface area contributed by atoms with Gasteiger partial charge in [0.2, 0.25) is 9.16 Å². The Morgan fingerprint density at radius 1 is 0.444 bits per heavy atom. The smallest absolute Gasteiger partial charge is 0.284 e. The van der Waals surface area contributed by atoms with Gasteiger partial charge in [-0.05, 0) is 0 Å². The Labute approximate surface area is 102 Å². The molecule has 0 aromatic carbocycles. The zero-order chi connectivity index (χ0) is 15.2. The molecule has 0 aliphatic carbocycles. The topological polar surface area (TPSA) is 217 Å². The standard InChI is InChI=1S/C2H6O12S4/c3-15(4,5)1(16(6,7)8)2(17(9,10)11)18(12,13)14/h1-2H,(H,3,4,5)(H,6,7,8)(H,9,10,11)(H,12,13,14). The van der Waals surface area contributed by atoms with E-state index in [0.29, 0.717) is 0 Å². The number of hydrogen-bond acceptors (Lipinski definition) is 8. The lowest BCUT2D eigenvalue weighted by Gasteiger charge is -2.17. The summed E-state index contributed by atoms with van der Waals surface area (Å²) in [4.78, 5) is 0. The van der Waals surface area contributed by atoms with E-state index >= 15 is 0 Å². The SMILES string of the molecule is O=S(=O)(O)C(C(S(=O)(=O)O)S(=O)(=O)O)S(=O)(=O)O. The van der Waals surface area contributed by atoms with Gasteiger partial charge in [0.05, 0.1) is 0 Å². The lowest BCUT2D eigenvalue weighted by molar-refractivity contribution is 0.429. The highest BCUT2D eigenvalue weighted by Gasteiger charge is 2.55. The summed E-state index contributed by atoms with van der Waals surface area (Å²) >= 11 is 0. The van der Waals surface area contributed by atoms with E-state index in [-0.39, 0.29) is 0 Å². The van der Waals surface area contributed by atoms with Gasteiger partial charge in [-0.2, -0.15) is 33.7 Å². The van der Waals surface area contributed by atoms with Crippen molar-refractivity contribution in [2.24, 2.45) is 0 Å². The van der Waals surface area contributed by atoms with Crippen LogP contribution in [-0.2, 0) is 40.5 Å². The molecule has 0 radical (unpaired) electrons. The number of rotatable bonds is 5. The highest BCUT2D eigenvalue weighted by molar-refractivity contribution is 8.10. The molecule has 0 aliphatic rings. The first-order valence-electron chi connectivity index (χ1n) is 3.34. The maximum absolute atomic E-state index is 10.6. The van der Waals surface area contributed by atoms with Gasteiger partial charge in [-0.25, -0.2) is 0 Å². The molecule has 0 heterocycles. The summed E-state index contributed by atoms with van der Waals surface area (Å²) in [5, 5.41) is 0. The van der Waals surface area contributed by atoms with E-state index in [0.717, 1.165) is 0 Å². The van der Waals surface area contributed by atoms with Crippen LogP contribution in [0.1, 0.15) is 0 Å². The molecule has 4 N–H and O–H groups in total. The van der Waals surface area contributed by atoms with Crippen molar-refractivity contribution in [3.63, 3.8) is 0 Å². The highest BCUT2D eigenvalue weighted by atomic mass is 32.3. The fraction of sp³-hybridized carbons (Fsp3) is 1.00. The van der Waals surface area contributed by atoms with Crippen LogP contribution in [0.5, 0.6) is 0 Å². The van der Waals surface area contributed by atoms with Crippen LogP contribution in [-0.4, -0.2) is 61.0 Å². The average Bonchev–Trinajstić information content (AvgIpc) is 1.89. The van der Waals surface area contributed by atoms with E-state index in [2.05, 4.69) is 0 Å². The Hall–Kier alpha value is -0.360. The third kappa shape index (κ3) is 4.39. The second kappa shape index (κ2) is 4.63. The van der Waals surface area contributed by atoms with Gasteiger partial charge in [0.25, 0.3) is 40.5 Å². The molecule has 0 saturated carbocycles. The fourth-order valence-electron chi connectivity index (χ4n) is 0.869. The third-order valence-electron chi connectivity index (χ3n) is 1.40. The van der Waals surface area contributed by atoms with E-state index in [1.54, 1.807) is 0 Å². The van der Waals surface area contributed by atoms with Crippen molar-refractivity contribution in [3.8, 4) is 0 Å². The normalized spacial score (nSPS) is 15.2. The Kier molecular flexibility index (Phi) is 4.54. The van der Waals surface area contributed by atoms with Crippen molar-refractivity contribution in [3.05, 3.63) is 0 Å². The summed E-state index contributed by atoms with van der Waals surface area (Å²) in [7, 11) is -24.0. The van der Waals surface area contributed by atoms with Crippen molar-refractivity contribution in [1.29, 1.82) is 0 Å². The predicted octanol–water partition coefficient (Wildman–Crippen LogP) is -2.81. The molecule has 0 spiro atoms. The van der Waals surface area contributed by atoms with Crippen LogP contribution in [0.2, 0.25) is 0 Å². The quantitative estimate of drug-likeness (QED) is 0.369. The lowest BCUT2D eigenvalue weighted by Crippen LogP contribution is -2.48. The molecule has 0 amide bonds. The second-order valence-electron chi connectivity index (χ2n) is 2.80. The molecule has 0 unspecified atom stereocenters. The fourth-order valence-corrected chi connectivity index (χ4v) is 7.82.